The van der Waals surface area contributed by atoms with E-state index < -0.39 is 5.97 Å². The van der Waals surface area contributed by atoms with Crippen molar-refractivity contribution in [2.75, 3.05) is 14.2 Å². The molecule has 0 aliphatic carbocycles. The standard InChI is InChI=1S/C4H8N2O2/c1-5-6-3-4(7)8-2/h3,5H,1-2H3. The van der Waals surface area contributed by atoms with E-state index in [1.54, 1.807) is 7.05 Å². The molecule has 0 rings (SSSR count). The first kappa shape index (κ1) is 6.94. The summed E-state index contributed by atoms with van der Waals surface area (Å²) in [7, 11) is 2.89. The van der Waals surface area contributed by atoms with E-state index in [0.29, 0.717) is 0 Å². The molecule has 4 nitrogen and oxygen atoms in total. The molecule has 0 unspecified atom stereocenters. The summed E-state index contributed by atoms with van der Waals surface area (Å²) in [5, 5.41) is 3.39. The van der Waals surface area contributed by atoms with Gasteiger partial charge in [-0.3, -0.25) is 0 Å². The van der Waals surface area contributed by atoms with Gasteiger partial charge in [-0.05, 0) is 0 Å². The van der Waals surface area contributed by atoms with Crippen molar-refractivity contribution in [2.45, 2.75) is 0 Å². The van der Waals surface area contributed by atoms with E-state index in [0.717, 1.165) is 6.21 Å². The topological polar surface area (TPSA) is 50.7 Å². The van der Waals surface area contributed by atoms with Gasteiger partial charge in [-0.25, -0.2) is 4.79 Å². The fourth-order valence-corrected chi connectivity index (χ4v) is 0.170. The smallest absolute Gasteiger partial charge is 0.350 e. The fourth-order valence-electron chi connectivity index (χ4n) is 0.170. The first-order chi connectivity index (χ1) is 3.81. The lowest BCUT2D eigenvalue weighted by atomic mass is 10.8. The number of rotatable bonds is 2. The molecule has 4 heteroatoms. The second-order valence-electron chi connectivity index (χ2n) is 1.00. The Labute approximate surface area is 47.5 Å². The number of hydrogen-bond acceptors (Lipinski definition) is 4. The normalized spacial score (nSPS) is 9.25. The van der Waals surface area contributed by atoms with E-state index in [1.807, 2.05) is 0 Å². The minimum Gasteiger partial charge on any atom is -0.465 e. The van der Waals surface area contributed by atoms with Gasteiger partial charge in [-0.15, -0.1) is 0 Å². The summed E-state index contributed by atoms with van der Waals surface area (Å²) in [6.45, 7) is 0. The van der Waals surface area contributed by atoms with Gasteiger partial charge >= 0.3 is 5.97 Å². The third-order valence-corrected chi connectivity index (χ3v) is 0.500. The molecule has 0 aromatic rings. The Balaban J connectivity index is 3.37. The molecule has 0 fully saturated rings. The van der Waals surface area contributed by atoms with Crippen LogP contribution >= 0.6 is 0 Å². The second kappa shape index (κ2) is 4.11. The van der Waals surface area contributed by atoms with Crippen molar-refractivity contribution < 1.29 is 9.53 Å². The molecule has 0 saturated heterocycles. The predicted molar refractivity (Wildman–Crippen MR) is 29.6 cm³/mol. The van der Waals surface area contributed by atoms with Crippen molar-refractivity contribution in [3.05, 3.63) is 0 Å². The number of carbonyl (C=O) groups is 1. The molecule has 46 valence electrons. The molecule has 1 N–H and O–H groups in total. The molecule has 0 spiro atoms. The van der Waals surface area contributed by atoms with Crippen molar-refractivity contribution in [3.63, 3.8) is 0 Å². The zero-order chi connectivity index (χ0) is 6.41. The van der Waals surface area contributed by atoms with Crippen LogP contribution in [-0.4, -0.2) is 26.3 Å². The highest BCUT2D eigenvalue weighted by atomic mass is 16.5. The van der Waals surface area contributed by atoms with Crippen LogP contribution in [0.4, 0.5) is 0 Å². The molecule has 0 radical (unpaired) electrons. The molecule has 0 aliphatic heterocycles. The minimum atomic E-state index is -0.459. The summed E-state index contributed by atoms with van der Waals surface area (Å²) in [6.07, 6.45) is 1.06. The molecule has 0 saturated carbocycles. The first-order valence-electron chi connectivity index (χ1n) is 2.09. The Morgan fingerprint density at radius 1 is 1.88 bits per heavy atom. The number of hydrazone groups is 1. The minimum absolute atomic E-state index is 0.459. The number of hydrogen-bond donors (Lipinski definition) is 1. The Bertz CT molecular complexity index is 100. The van der Waals surface area contributed by atoms with Gasteiger partial charge in [0.15, 0.2) is 0 Å². The summed E-state index contributed by atoms with van der Waals surface area (Å²) in [5.41, 5.74) is 2.40. The van der Waals surface area contributed by atoms with Crippen LogP contribution in [0.25, 0.3) is 0 Å². The number of carbonyl (C=O) groups excluding carboxylic acids is 1. The molecule has 0 bridgehead atoms. The highest BCUT2D eigenvalue weighted by Crippen LogP contribution is 1.63. The maximum atomic E-state index is 10.2. The lowest BCUT2D eigenvalue weighted by Crippen LogP contribution is -2.04. The highest BCUT2D eigenvalue weighted by molar-refractivity contribution is 6.22. The largest absolute Gasteiger partial charge is 0.465 e. The third-order valence-electron chi connectivity index (χ3n) is 0.500. The molecule has 0 heterocycles. The maximum Gasteiger partial charge on any atom is 0.350 e. The van der Waals surface area contributed by atoms with Crippen LogP contribution in [0.15, 0.2) is 5.10 Å². The van der Waals surface area contributed by atoms with Gasteiger partial charge in [-0.1, -0.05) is 0 Å². The van der Waals surface area contributed by atoms with Gasteiger partial charge in [0.05, 0.1) is 7.11 Å². The van der Waals surface area contributed by atoms with E-state index in [-0.39, 0.29) is 0 Å². The fraction of sp³-hybridized carbons (Fsp3) is 0.500. The van der Waals surface area contributed by atoms with E-state index in [9.17, 15) is 4.79 Å². The quantitative estimate of drug-likeness (QED) is 0.297. The number of methoxy groups -OCH3 is 1. The van der Waals surface area contributed by atoms with Gasteiger partial charge in [0.1, 0.15) is 6.21 Å². The van der Waals surface area contributed by atoms with E-state index in [4.69, 9.17) is 0 Å². The van der Waals surface area contributed by atoms with E-state index in [2.05, 4.69) is 15.3 Å². The van der Waals surface area contributed by atoms with Crippen LogP contribution in [-0.2, 0) is 9.53 Å². The van der Waals surface area contributed by atoms with Crippen molar-refractivity contribution in [3.8, 4) is 0 Å². The molecule has 0 aliphatic rings. The van der Waals surface area contributed by atoms with Crippen LogP contribution in [0.5, 0.6) is 0 Å². The van der Waals surface area contributed by atoms with Crippen LogP contribution in [0.3, 0.4) is 0 Å². The SMILES string of the molecule is CNN=CC(=O)OC. The second-order valence-corrected chi connectivity index (χ2v) is 1.00. The van der Waals surface area contributed by atoms with Crippen molar-refractivity contribution in [2.24, 2.45) is 5.10 Å². The average molecular weight is 116 g/mol. The summed E-state index contributed by atoms with van der Waals surface area (Å²) in [6, 6.07) is 0. The summed E-state index contributed by atoms with van der Waals surface area (Å²) >= 11 is 0. The van der Waals surface area contributed by atoms with Gasteiger partial charge in [-0.2, -0.15) is 5.10 Å². The Kier molecular flexibility index (Phi) is 3.56. The van der Waals surface area contributed by atoms with Crippen LogP contribution in [0.2, 0.25) is 0 Å². The van der Waals surface area contributed by atoms with Gasteiger partial charge in [0, 0.05) is 7.05 Å². The van der Waals surface area contributed by atoms with Crippen LogP contribution < -0.4 is 5.43 Å². The maximum absolute atomic E-state index is 10.2. The van der Waals surface area contributed by atoms with Crippen molar-refractivity contribution in [1.29, 1.82) is 0 Å². The molecule has 0 amide bonds. The summed E-state index contributed by atoms with van der Waals surface area (Å²) in [5.74, 6) is -0.459. The predicted octanol–water partition coefficient (Wildman–Crippen LogP) is -0.635. The number of esters is 1. The lowest BCUT2D eigenvalue weighted by Gasteiger charge is -1.86. The molecule has 8 heavy (non-hydrogen) atoms. The van der Waals surface area contributed by atoms with Crippen molar-refractivity contribution >= 4 is 12.2 Å². The molecule has 0 atom stereocenters. The first-order valence-corrected chi connectivity index (χ1v) is 2.09. The molecule has 0 aromatic heterocycles. The Hall–Kier alpha value is -1.06. The zero-order valence-electron chi connectivity index (χ0n) is 4.84. The lowest BCUT2D eigenvalue weighted by molar-refractivity contribution is -0.132. The molecular formula is C4H8N2O2. The monoisotopic (exact) mass is 116 g/mol. The molecule has 0 aromatic carbocycles. The van der Waals surface area contributed by atoms with Crippen LogP contribution in [0, 0.1) is 0 Å². The number of nitrogens with zero attached hydrogens (tertiary/aromatic N) is 1. The van der Waals surface area contributed by atoms with E-state index >= 15 is 0 Å². The summed E-state index contributed by atoms with van der Waals surface area (Å²) < 4.78 is 4.22. The van der Waals surface area contributed by atoms with Crippen LogP contribution in [0.1, 0.15) is 0 Å². The average Bonchev–Trinajstić information content (AvgIpc) is 1.83. The zero-order valence-corrected chi connectivity index (χ0v) is 4.84. The van der Waals surface area contributed by atoms with Crippen molar-refractivity contribution in [1.82, 2.24) is 5.43 Å². The van der Waals surface area contributed by atoms with Gasteiger partial charge in [0.2, 0.25) is 0 Å². The summed E-state index contributed by atoms with van der Waals surface area (Å²) in [4.78, 5) is 10.2. The number of ether oxygens (including phenoxy) is 1. The highest BCUT2D eigenvalue weighted by Gasteiger charge is 1.87. The number of nitrogens with one attached hydrogen (secondary N) is 1. The molecular weight excluding hydrogens is 108 g/mol. The Morgan fingerprint density at radius 2 is 2.50 bits per heavy atom. The van der Waals surface area contributed by atoms with E-state index in [1.165, 1.54) is 7.11 Å². The Morgan fingerprint density at radius 3 is 2.88 bits per heavy atom. The third kappa shape index (κ3) is 3.14. The van der Waals surface area contributed by atoms with Gasteiger partial charge < -0.3 is 10.2 Å². The van der Waals surface area contributed by atoms with Gasteiger partial charge in [0.25, 0.3) is 0 Å².